The third-order valence-electron chi connectivity index (χ3n) is 5.37. The second kappa shape index (κ2) is 7.62. The third kappa shape index (κ3) is 3.66. The van der Waals surface area contributed by atoms with Crippen LogP contribution in [0.1, 0.15) is 25.8 Å². The zero-order valence-corrected chi connectivity index (χ0v) is 16.4. The maximum atomic E-state index is 15.6. The van der Waals surface area contributed by atoms with Crippen LogP contribution in [-0.4, -0.2) is 55.5 Å². The first-order valence-corrected chi connectivity index (χ1v) is 9.75. The standard InChI is InChI=1S/C20H23F2N3O4/c1-3-28-20(27)29-15-11-25(12-4-5-12)17-13(19(15)26)10-14(21)18(16(17)22)24-8-6-23(2)7-9-24/h10-12H,3-9H2,1-2H3. The number of anilines is 1. The molecule has 9 heteroatoms. The molecule has 0 spiro atoms. The zero-order valence-electron chi connectivity index (χ0n) is 16.4. The lowest BCUT2D eigenvalue weighted by Gasteiger charge is -2.34. The van der Waals surface area contributed by atoms with Crippen LogP contribution in [0, 0.1) is 11.6 Å². The minimum absolute atomic E-state index is 0.0251. The van der Waals surface area contributed by atoms with Crippen molar-refractivity contribution in [2.75, 3.05) is 44.7 Å². The number of halogens is 2. The second-order valence-corrected chi connectivity index (χ2v) is 7.45. The summed E-state index contributed by atoms with van der Waals surface area (Å²) in [5.74, 6) is -1.85. The highest BCUT2D eigenvalue weighted by Crippen LogP contribution is 2.40. The van der Waals surface area contributed by atoms with E-state index in [-0.39, 0.29) is 35.0 Å². The average Bonchev–Trinajstić information content (AvgIpc) is 3.51. The minimum Gasteiger partial charge on any atom is -0.434 e. The smallest absolute Gasteiger partial charge is 0.434 e. The lowest BCUT2D eigenvalue weighted by Crippen LogP contribution is -2.45. The van der Waals surface area contributed by atoms with E-state index in [1.165, 1.54) is 6.20 Å². The van der Waals surface area contributed by atoms with Crippen molar-refractivity contribution in [3.8, 4) is 5.75 Å². The van der Waals surface area contributed by atoms with E-state index in [1.54, 1.807) is 16.4 Å². The number of rotatable bonds is 4. The van der Waals surface area contributed by atoms with E-state index in [9.17, 15) is 14.0 Å². The molecular formula is C20H23F2N3O4. The van der Waals surface area contributed by atoms with Gasteiger partial charge < -0.3 is 23.8 Å². The molecule has 0 bridgehead atoms. The zero-order chi connectivity index (χ0) is 20.7. The first-order valence-electron chi connectivity index (χ1n) is 9.75. The van der Waals surface area contributed by atoms with Crippen molar-refractivity contribution in [2.45, 2.75) is 25.8 Å². The van der Waals surface area contributed by atoms with Crippen LogP contribution in [0.5, 0.6) is 5.75 Å². The summed E-state index contributed by atoms with van der Waals surface area (Å²) in [7, 11) is 1.96. The number of fused-ring (bicyclic) bond motifs is 1. The number of likely N-dealkylation sites (N-methyl/N-ethyl adjacent to an activating group) is 1. The fraction of sp³-hybridized carbons (Fsp3) is 0.500. The van der Waals surface area contributed by atoms with Gasteiger partial charge in [-0.15, -0.1) is 0 Å². The molecule has 1 aromatic heterocycles. The fourth-order valence-electron chi connectivity index (χ4n) is 3.68. The Bertz CT molecular complexity index is 1010. The van der Waals surface area contributed by atoms with E-state index in [0.29, 0.717) is 26.2 Å². The molecule has 0 amide bonds. The first-order chi connectivity index (χ1) is 13.9. The second-order valence-electron chi connectivity index (χ2n) is 7.45. The predicted molar refractivity (Wildman–Crippen MR) is 104 cm³/mol. The van der Waals surface area contributed by atoms with Gasteiger partial charge in [-0.2, -0.15) is 0 Å². The highest BCUT2D eigenvalue weighted by Gasteiger charge is 2.31. The molecular weight excluding hydrogens is 384 g/mol. The molecule has 1 saturated carbocycles. The highest BCUT2D eigenvalue weighted by molar-refractivity contribution is 5.86. The van der Waals surface area contributed by atoms with E-state index < -0.39 is 23.2 Å². The summed E-state index contributed by atoms with van der Waals surface area (Å²) in [5, 5.41) is -0.147. The van der Waals surface area contributed by atoms with Crippen molar-refractivity contribution in [1.82, 2.24) is 9.47 Å². The Kier molecular flexibility index (Phi) is 5.16. The van der Waals surface area contributed by atoms with Crippen LogP contribution in [0.4, 0.5) is 19.3 Å². The summed E-state index contributed by atoms with van der Waals surface area (Å²) in [6.07, 6.45) is 1.91. The van der Waals surface area contributed by atoms with Gasteiger partial charge in [0.15, 0.2) is 11.6 Å². The van der Waals surface area contributed by atoms with Gasteiger partial charge in [0, 0.05) is 32.2 Å². The molecule has 1 aliphatic carbocycles. The third-order valence-corrected chi connectivity index (χ3v) is 5.37. The molecule has 2 heterocycles. The Hall–Kier alpha value is -2.68. The van der Waals surface area contributed by atoms with Crippen LogP contribution in [0.15, 0.2) is 17.1 Å². The number of piperazine rings is 1. The molecule has 4 rings (SSSR count). The van der Waals surface area contributed by atoms with Crippen molar-refractivity contribution >= 4 is 22.7 Å². The van der Waals surface area contributed by atoms with E-state index in [0.717, 1.165) is 18.9 Å². The summed E-state index contributed by atoms with van der Waals surface area (Å²) in [5.41, 5.74) is -0.810. The van der Waals surface area contributed by atoms with Gasteiger partial charge in [0.1, 0.15) is 11.5 Å². The Morgan fingerprint density at radius 2 is 1.90 bits per heavy atom. The lowest BCUT2D eigenvalue weighted by molar-refractivity contribution is 0.104. The van der Waals surface area contributed by atoms with E-state index in [4.69, 9.17) is 9.47 Å². The molecule has 1 aliphatic heterocycles. The SMILES string of the molecule is CCOC(=O)Oc1cn(C2CC2)c2c(F)c(N3CCN(C)CC3)c(F)cc2c1=O. The van der Waals surface area contributed by atoms with Crippen molar-refractivity contribution in [2.24, 2.45) is 0 Å². The number of hydrogen-bond acceptors (Lipinski definition) is 6. The Balaban J connectivity index is 1.86. The van der Waals surface area contributed by atoms with Gasteiger partial charge in [-0.05, 0) is 32.9 Å². The van der Waals surface area contributed by atoms with Crippen molar-refractivity contribution in [1.29, 1.82) is 0 Å². The van der Waals surface area contributed by atoms with Gasteiger partial charge in [0.2, 0.25) is 5.43 Å². The van der Waals surface area contributed by atoms with Gasteiger partial charge in [-0.3, -0.25) is 4.79 Å². The Morgan fingerprint density at radius 3 is 2.52 bits per heavy atom. The van der Waals surface area contributed by atoms with Crippen molar-refractivity contribution < 1.29 is 23.0 Å². The number of aromatic nitrogens is 1. The van der Waals surface area contributed by atoms with Gasteiger partial charge in [0.05, 0.1) is 23.7 Å². The van der Waals surface area contributed by atoms with Crippen molar-refractivity contribution in [3.05, 3.63) is 34.1 Å². The minimum atomic E-state index is -1.03. The maximum Gasteiger partial charge on any atom is 0.514 e. The number of carbonyl (C=O) groups is 1. The van der Waals surface area contributed by atoms with Crippen LogP contribution < -0.4 is 15.1 Å². The molecule has 156 valence electrons. The number of nitrogens with zero attached hydrogens (tertiary/aromatic N) is 3. The number of hydrogen-bond donors (Lipinski definition) is 0. The van der Waals surface area contributed by atoms with E-state index >= 15 is 4.39 Å². The quantitative estimate of drug-likeness (QED) is 0.727. The molecule has 1 aromatic carbocycles. The molecule has 2 aliphatic rings. The van der Waals surface area contributed by atoms with Crippen LogP contribution in [0.25, 0.3) is 10.9 Å². The Labute approximate surface area is 166 Å². The molecule has 0 N–H and O–H groups in total. The maximum absolute atomic E-state index is 15.6. The van der Waals surface area contributed by atoms with Crippen LogP contribution in [-0.2, 0) is 4.74 Å². The molecule has 0 radical (unpaired) electrons. The van der Waals surface area contributed by atoms with Gasteiger partial charge in [-0.1, -0.05) is 0 Å². The number of benzene rings is 1. The van der Waals surface area contributed by atoms with E-state index in [1.807, 2.05) is 7.05 Å². The fourth-order valence-corrected chi connectivity index (χ4v) is 3.68. The van der Waals surface area contributed by atoms with Crippen LogP contribution >= 0.6 is 0 Å². The number of ether oxygens (including phenoxy) is 2. The van der Waals surface area contributed by atoms with Crippen LogP contribution in [0.3, 0.4) is 0 Å². The van der Waals surface area contributed by atoms with Crippen LogP contribution in [0.2, 0.25) is 0 Å². The topological polar surface area (TPSA) is 64.0 Å². The largest absolute Gasteiger partial charge is 0.514 e. The normalized spacial score (nSPS) is 17.6. The van der Waals surface area contributed by atoms with Crippen molar-refractivity contribution in [3.63, 3.8) is 0 Å². The highest BCUT2D eigenvalue weighted by atomic mass is 19.1. The molecule has 29 heavy (non-hydrogen) atoms. The summed E-state index contributed by atoms with van der Waals surface area (Å²) < 4.78 is 41.8. The van der Waals surface area contributed by atoms with Gasteiger partial charge in [-0.25, -0.2) is 13.6 Å². The summed E-state index contributed by atoms with van der Waals surface area (Å²) in [6.45, 7) is 4.06. The summed E-state index contributed by atoms with van der Waals surface area (Å²) in [6, 6.07) is 1.02. The van der Waals surface area contributed by atoms with E-state index in [2.05, 4.69) is 4.90 Å². The molecule has 0 atom stereocenters. The molecule has 1 saturated heterocycles. The molecule has 2 aromatic rings. The monoisotopic (exact) mass is 407 g/mol. The van der Waals surface area contributed by atoms with Gasteiger partial charge >= 0.3 is 6.16 Å². The summed E-state index contributed by atoms with van der Waals surface area (Å²) in [4.78, 5) is 28.2. The molecule has 0 unspecified atom stereocenters. The number of pyridine rings is 1. The summed E-state index contributed by atoms with van der Waals surface area (Å²) >= 11 is 0. The predicted octanol–water partition coefficient (Wildman–Crippen LogP) is 2.90. The Morgan fingerprint density at radius 1 is 1.21 bits per heavy atom. The average molecular weight is 407 g/mol. The molecule has 7 nitrogen and oxygen atoms in total. The van der Waals surface area contributed by atoms with Gasteiger partial charge in [0.25, 0.3) is 0 Å². The first kappa shape index (κ1) is 19.6. The lowest BCUT2D eigenvalue weighted by atomic mass is 10.1. The molecule has 2 fully saturated rings. The number of carbonyl (C=O) groups excluding carboxylic acids is 1.